The first-order chi connectivity index (χ1) is 6.02. The van der Waals surface area contributed by atoms with Gasteiger partial charge in [-0.05, 0) is 14.0 Å². The van der Waals surface area contributed by atoms with Crippen LogP contribution in [0.5, 0.6) is 0 Å². The van der Waals surface area contributed by atoms with Gasteiger partial charge in [0.05, 0.1) is 0 Å². The minimum atomic E-state index is -1.36. The summed E-state index contributed by atoms with van der Waals surface area (Å²) in [7, 11) is 1.97. The summed E-state index contributed by atoms with van der Waals surface area (Å²) in [4.78, 5) is 24.9. The molecule has 1 unspecified atom stereocenters. The highest BCUT2D eigenvalue weighted by Gasteiger charge is 2.27. The van der Waals surface area contributed by atoms with Crippen molar-refractivity contribution in [2.45, 2.75) is 13.0 Å². The van der Waals surface area contributed by atoms with Gasteiger partial charge < -0.3 is 14.9 Å². The van der Waals surface area contributed by atoms with Crippen molar-refractivity contribution in [3.63, 3.8) is 0 Å². The Morgan fingerprint density at radius 1 is 1.38 bits per heavy atom. The molecule has 0 aromatic rings. The second-order valence-electron chi connectivity index (χ2n) is 3.39. The Morgan fingerprint density at radius 2 is 2.00 bits per heavy atom. The molecule has 5 heteroatoms. The van der Waals surface area contributed by atoms with E-state index in [0.717, 1.165) is 6.54 Å². The fourth-order valence-electron chi connectivity index (χ4n) is 1.37. The molecule has 1 fully saturated rings. The van der Waals surface area contributed by atoms with E-state index in [1.807, 2.05) is 14.0 Å². The molecule has 1 N–H and O–H groups in total. The average Bonchev–Trinajstić information content (AvgIpc) is 2.08. The topological polar surface area (TPSA) is 60.9 Å². The van der Waals surface area contributed by atoms with Gasteiger partial charge in [-0.25, -0.2) is 4.79 Å². The van der Waals surface area contributed by atoms with Crippen molar-refractivity contribution in [2.24, 2.45) is 0 Å². The molecule has 1 aliphatic rings. The molecule has 0 saturated carbocycles. The number of hydrogen-bond acceptors (Lipinski definition) is 3. The van der Waals surface area contributed by atoms with Crippen LogP contribution < -0.4 is 0 Å². The van der Waals surface area contributed by atoms with E-state index in [0.29, 0.717) is 13.1 Å². The summed E-state index contributed by atoms with van der Waals surface area (Å²) in [6.07, 6.45) is 0. The van der Waals surface area contributed by atoms with Crippen LogP contribution in [0.4, 0.5) is 0 Å². The summed E-state index contributed by atoms with van der Waals surface area (Å²) in [5.74, 6) is -2.16. The predicted molar refractivity (Wildman–Crippen MR) is 46.3 cm³/mol. The van der Waals surface area contributed by atoms with E-state index in [-0.39, 0.29) is 6.04 Å². The first-order valence-corrected chi connectivity index (χ1v) is 4.25. The highest BCUT2D eigenvalue weighted by atomic mass is 16.4. The summed E-state index contributed by atoms with van der Waals surface area (Å²) in [5, 5.41) is 8.48. The zero-order chi connectivity index (χ0) is 10.0. The molecule has 1 atom stereocenters. The van der Waals surface area contributed by atoms with E-state index in [4.69, 9.17) is 5.11 Å². The molecule has 74 valence electrons. The van der Waals surface area contributed by atoms with E-state index in [9.17, 15) is 9.59 Å². The van der Waals surface area contributed by atoms with Crippen LogP contribution in [0.25, 0.3) is 0 Å². The van der Waals surface area contributed by atoms with Crippen LogP contribution >= 0.6 is 0 Å². The third-order valence-corrected chi connectivity index (χ3v) is 2.43. The molecule has 1 amide bonds. The van der Waals surface area contributed by atoms with Crippen LogP contribution in [0.2, 0.25) is 0 Å². The minimum Gasteiger partial charge on any atom is -0.474 e. The van der Waals surface area contributed by atoms with Crippen molar-refractivity contribution in [1.82, 2.24) is 9.80 Å². The number of aliphatic carboxylic acids is 1. The maximum Gasteiger partial charge on any atom is 0.394 e. The maximum absolute atomic E-state index is 11.1. The lowest BCUT2D eigenvalue weighted by Crippen LogP contribution is -2.53. The van der Waals surface area contributed by atoms with Gasteiger partial charge in [-0.1, -0.05) is 0 Å². The Labute approximate surface area is 76.9 Å². The Hall–Kier alpha value is -1.10. The molecule has 0 aromatic heterocycles. The van der Waals surface area contributed by atoms with Crippen LogP contribution in [0, 0.1) is 0 Å². The standard InChI is InChI=1S/C8H14N2O3/c1-6-5-10(4-3-9(6)2)7(11)8(12)13/h6H,3-5H2,1-2H3,(H,12,13). The number of piperazine rings is 1. The van der Waals surface area contributed by atoms with Crippen molar-refractivity contribution in [2.75, 3.05) is 26.7 Å². The SMILES string of the molecule is CC1CN(C(=O)C(=O)O)CCN1C. The Balaban J connectivity index is 2.55. The highest BCUT2D eigenvalue weighted by Crippen LogP contribution is 2.06. The number of nitrogens with zero attached hydrogens (tertiary/aromatic N) is 2. The van der Waals surface area contributed by atoms with Gasteiger partial charge in [0, 0.05) is 25.7 Å². The zero-order valence-corrected chi connectivity index (χ0v) is 7.86. The van der Waals surface area contributed by atoms with Crippen molar-refractivity contribution < 1.29 is 14.7 Å². The number of rotatable bonds is 0. The van der Waals surface area contributed by atoms with Gasteiger partial charge in [0.1, 0.15) is 0 Å². The lowest BCUT2D eigenvalue weighted by molar-refractivity contribution is -0.157. The van der Waals surface area contributed by atoms with Crippen LogP contribution in [0.3, 0.4) is 0 Å². The molecule has 0 aliphatic carbocycles. The summed E-state index contributed by atoms with van der Waals surface area (Å²) in [6.45, 7) is 3.72. The number of carboxylic acids is 1. The van der Waals surface area contributed by atoms with Gasteiger partial charge in [0.15, 0.2) is 0 Å². The maximum atomic E-state index is 11.1. The van der Waals surface area contributed by atoms with E-state index in [1.54, 1.807) is 0 Å². The molecule has 13 heavy (non-hydrogen) atoms. The molecule has 0 bridgehead atoms. The first kappa shape index (κ1) is 9.98. The lowest BCUT2D eigenvalue weighted by atomic mass is 10.2. The summed E-state index contributed by atoms with van der Waals surface area (Å²) in [6, 6.07) is 0.233. The van der Waals surface area contributed by atoms with Gasteiger partial charge in [0.25, 0.3) is 0 Å². The molecule has 1 rings (SSSR count). The van der Waals surface area contributed by atoms with E-state index >= 15 is 0 Å². The van der Waals surface area contributed by atoms with Gasteiger partial charge >= 0.3 is 11.9 Å². The molecule has 0 aromatic carbocycles. The molecular weight excluding hydrogens is 172 g/mol. The summed E-state index contributed by atoms with van der Waals surface area (Å²) >= 11 is 0. The largest absolute Gasteiger partial charge is 0.474 e. The van der Waals surface area contributed by atoms with Gasteiger partial charge in [0.2, 0.25) is 0 Å². The smallest absolute Gasteiger partial charge is 0.394 e. The van der Waals surface area contributed by atoms with Crippen LogP contribution in [-0.2, 0) is 9.59 Å². The average molecular weight is 186 g/mol. The summed E-state index contributed by atoms with van der Waals surface area (Å²) < 4.78 is 0. The Morgan fingerprint density at radius 3 is 2.46 bits per heavy atom. The molecule has 0 radical (unpaired) electrons. The van der Waals surface area contributed by atoms with Crippen molar-refractivity contribution in [1.29, 1.82) is 0 Å². The van der Waals surface area contributed by atoms with Gasteiger partial charge in [-0.15, -0.1) is 0 Å². The summed E-state index contributed by atoms with van der Waals surface area (Å²) in [5.41, 5.74) is 0. The lowest BCUT2D eigenvalue weighted by Gasteiger charge is -2.36. The van der Waals surface area contributed by atoms with E-state index in [2.05, 4.69) is 4.90 Å². The predicted octanol–water partition coefficient (Wildman–Crippen LogP) is -0.766. The van der Waals surface area contributed by atoms with E-state index in [1.165, 1.54) is 4.90 Å². The third-order valence-electron chi connectivity index (χ3n) is 2.43. The fraction of sp³-hybridized carbons (Fsp3) is 0.750. The number of hydrogen-bond donors (Lipinski definition) is 1. The number of likely N-dealkylation sites (N-methyl/N-ethyl adjacent to an activating group) is 1. The minimum absolute atomic E-state index is 0.233. The Kier molecular flexibility index (Phi) is 2.87. The second kappa shape index (κ2) is 3.74. The van der Waals surface area contributed by atoms with Crippen LogP contribution in [0.1, 0.15) is 6.92 Å². The first-order valence-electron chi connectivity index (χ1n) is 4.25. The Bertz CT molecular complexity index is 229. The third kappa shape index (κ3) is 2.18. The van der Waals surface area contributed by atoms with Crippen molar-refractivity contribution in [3.05, 3.63) is 0 Å². The molecule has 5 nitrogen and oxygen atoms in total. The van der Waals surface area contributed by atoms with Crippen molar-refractivity contribution in [3.8, 4) is 0 Å². The monoisotopic (exact) mass is 186 g/mol. The normalized spacial score (nSPS) is 24.5. The number of carbonyl (C=O) groups excluding carboxylic acids is 1. The quantitative estimate of drug-likeness (QED) is 0.505. The number of carbonyl (C=O) groups is 2. The molecular formula is C8H14N2O3. The number of carboxylic acid groups (broad SMARTS) is 1. The molecule has 1 saturated heterocycles. The van der Waals surface area contributed by atoms with Crippen molar-refractivity contribution >= 4 is 11.9 Å². The van der Waals surface area contributed by atoms with Gasteiger partial charge in [-0.3, -0.25) is 4.79 Å². The molecule has 0 spiro atoms. The molecule has 1 heterocycles. The van der Waals surface area contributed by atoms with Crippen LogP contribution in [-0.4, -0.2) is 59.5 Å². The molecule has 1 aliphatic heterocycles. The van der Waals surface area contributed by atoms with Crippen LogP contribution in [0.15, 0.2) is 0 Å². The van der Waals surface area contributed by atoms with Gasteiger partial charge in [-0.2, -0.15) is 0 Å². The fourth-order valence-corrected chi connectivity index (χ4v) is 1.37. The highest BCUT2D eigenvalue weighted by molar-refractivity contribution is 6.31. The van der Waals surface area contributed by atoms with E-state index < -0.39 is 11.9 Å². The number of amides is 1. The zero-order valence-electron chi connectivity index (χ0n) is 7.86. The second-order valence-corrected chi connectivity index (χ2v) is 3.39.